The molecule has 2 aromatic rings. The molecule has 0 aliphatic carbocycles. The van der Waals surface area contributed by atoms with E-state index in [-0.39, 0.29) is 11.4 Å². The minimum Gasteiger partial charge on any atom is -0.379 e. The van der Waals surface area contributed by atoms with Crippen LogP contribution in [0.1, 0.15) is 49.7 Å². The Morgan fingerprint density at radius 1 is 1.14 bits per heavy atom. The molecule has 0 radical (unpaired) electrons. The summed E-state index contributed by atoms with van der Waals surface area (Å²) in [6.45, 7) is 17.6. The van der Waals surface area contributed by atoms with Crippen LogP contribution in [0.15, 0.2) is 0 Å². The van der Waals surface area contributed by atoms with E-state index in [9.17, 15) is 4.79 Å². The standard InChI is InChI=1S/C22H35N5O2/c1-15-18(7-8-19(28)23-9-10-26-11-13-29-14-12-26)16(2)24-21-20(15)17(3)25-27(21)22(4,5)6/h7-14H2,1-6H3,(H,23,28). The number of carbonyl (C=O) groups excluding carboxylic acids is 1. The zero-order chi connectivity index (χ0) is 21.2. The number of hydrogen-bond donors (Lipinski definition) is 1. The van der Waals surface area contributed by atoms with Gasteiger partial charge in [-0.05, 0) is 59.1 Å². The van der Waals surface area contributed by atoms with Crippen LogP contribution in [0.4, 0.5) is 0 Å². The minimum atomic E-state index is -0.125. The van der Waals surface area contributed by atoms with Gasteiger partial charge in [-0.15, -0.1) is 0 Å². The van der Waals surface area contributed by atoms with Crippen LogP contribution in [0.2, 0.25) is 0 Å². The molecule has 29 heavy (non-hydrogen) atoms. The number of fused-ring (bicyclic) bond motifs is 1. The summed E-state index contributed by atoms with van der Waals surface area (Å²) in [4.78, 5) is 19.6. The predicted molar refractivity (Wildman–Crippen MR) is 115 cm³/mol. The maximum atomic E-state index is 12.4. The van der Waals surface area contributed by atoms with Crippen molar-refractivity contribution in [3.8, 4) is 0 Å². The second-order valence-electron chi connectivity index (χ2n) is 8.97. The van der Waals surface area contributed by atoms with Gasteiger partial charge in [0, 0.05) is 43.7 Å². The van der Waals surface area contributed by atoms with E-state index in [0.29, 0.717) is 19.4 Å². The molecule has 7 nitrogen and oxygen atoms in total. The summed E-state index contributed by atoms with van der Waals surface area (Å²) in [5, 5.41) is 8.92. The second kappa shape index (κ2) is 8.79. The lowest BCUT2D eigenvalue weighted by molar-refractivity contribution is -0.121. The molecule has 1 aliphatic heterocycles. The Hall–Kier alpha value is -1.99. The molecule has 0 saturated carbocycles. The third-order valence-electron chi connectivity index (χ3n) is 5.67. The largest absolute Gasteiger partial charge is 0.379 e. The molecular formula is C22H35N5O2. The highest BCUT2D eigenvalue weighted by molar-refractivity contribution is 5.84. The summed E-state index contributed by atoms with van der Waals surface area (Å²) in [7, 11) is 0. The van der Waals surface area contributed by atoms with E-state index in [4.69, 9.17) is 14.8 Å². The maximum Gasteiger partial charge on any atom is 0.220 e. The summed E-state index contributed by atoms with van der Waals surface area (Å²) in [5.41, 5.74) is 5.15. The molecule has 160 valence electrons. The van der Waals surface area contributed by atoms with E-state index < -0.39 is 0 Å². The average Bonchev–Trinajstić information content (AvgIpc) is 2.99. The van der Waals surface area contributed by atoms with Gasteiger partial charge in [-0.25, -0.2) is 9.67 Å². The van der Waals surface area contributed by atoms with Gasteiger partial charge in [0.1, 0.15) is 0 Å². The van der Waals surface area contributed by atoms with Gasteiger partial charge in [0.15, 0.2) is 5.65 Å². The van der Waals surface area contributed by atoms with Crippen LogP contribution in [-0.2, 0) is 21.5 Å². The quantitative estimate of drug-likeness (QED) is 0.805. The van der Waals surface area contributed by atoms with Gasteiger partial charge < -0.3 is 10.1 Å². The molecule has 0 atom stereocenters. The molecule has 7 heteroatoms. The van der Waals surface area contributed by atoms with Gasteiger partial charge in [-0.2, -0.15) is 5.10 Å². The fourth-order valence-electron chi connectivity index (χ4n) is 4.05. The molecular weight excluding hydrogens is 366 g/mol. The summed E-state index contributed by atoms with van der Waals surface area (Å²) in [6, 6.07) is 0. The molecule has 0 aromatic carbocycles. The Labute approximate surface area is 173 Å². The average molecular weight is 402 g/mol. The zero-order valence-electron chi connectivity index (χ0n) is 18.8. The first-order valence-electron chi connectivity index (χ1n) is 10.6. The molecule has 3 rings (SSSR count). The van der Waals surface area contributed by atoms with Crippen molar-refractivity contribution in [1.82, 2.24) is 25.0 Å². The number of ether oxygens (including phenoxy) is 1. The third kappa shape index (κ3) is 4.95. The minimum absolute atomic E-state index is 0.0965. The molecule has 2 aromatic heterocycles. The maximum absolute atomic E-state index is 12.4. The number of rotatable bonds is 6. The van der Waals surface area contributed by atoms with Crippen LogP contribution in [0, 0.1) is 20.8 Å². The van der Waals surface area contributed by atoms with Crippen molar-refractivity contribution >= 4 is 16.9 Å². The lowest BCUT2D eigenvalue weighted by atomic mass is 9.99. The summed E-state index contributed by atoms with van der Waals surface area (Å²) < 4.78 is 7.37. The van der Waals surface area contributed by atoms with Gasteiger partial charge in [0.25, 0.3) is 0 Å². The first kappa shape index (κ1) is 21.7. The van der Waals surface area contributed by atoms with Gasteiger partial charge in [0.2, 0.25) is 5.91 Å². The molecule has 1 fully saturated rings. The van der Waals surface area contributed by atoms with E-state index in [1.165, 1.54) is 5.56 Å². The van der Waals surface area contributed by atoms with Crippen LogP contribution < -0.4 is 5.32 Å². The molecule has 1 aliphatic rings. The van der Waals surface area contributed by atoms with Crippen LogP contribution in [-0.4, -0.2) is 65.0 Å². The number of morpholine rings is 1. The lowest BCUT2D eigenvalue weighted by Gasteiger charge is -2.26. The fraction of sp³-hybridized carbons (Fsp3) is 0.682. The van der Waals surface area contributed by atoms with Gasteiger partial charge in [0.05, 0.1) is 24.4 Å². The fourth-order valence-corrected chi connectivity index (χ4v) is 4.05. The van der Waals surface area contributed by atoms with E-state index >= 15 is 0 Å². The number of carbonyl (C=O) groups is 1. The zero-order valence-corrected chi connectivity index (χ0v) is 18.8. The van der Waals surface area contributed by atoms with E-state index in [1.807, 2.05) is 18.5 Å². The Morgan fingerprint density at radius 2 is 1.83 bits per heavy atom. The van der Waals surface area contributed by atoms with Crippen LogP contribution >= 0.6 is 0 Å². The summed E-state index contributed by atoms with van der Waals surface area (Å²) in [5.74, 6) is 0.0965. The topological polar surface area (TPSA) is 72.3 Å². The van der Waals surface area contributed by atoms with Gasteiger partial charge >= 0.3 is 0 Å². The summed E-state index contributed by atoms with van der Waals surface area (Å²) >= 11 is 0. The Balaban J connectivity index is 1.65. The molecule has 3 heterocycles. The monoisotopic (exact) mass is 401 g/mol. The normalized spacial score (nSPS) is 15.8. The number of pyridine rings is 1. The Morgan fingerprint density at radius 3 is 2.48 bits per heavy atom. The van der Waals surface area contributed by atoms with E-state index in [1.54, 1.807) is 0 Å². The van der Waals surface area contributed by atoms with E-state index in [2.05, 4.69) is 37.9 Å². The van der Waals surface area contributed by atoms with Gasteiger partial charge in [-0.1, -0.05) is 0 Å². The number of aryl methyl sites for hydroxylation is 3. The Bertz CT molecular complexity index is 876. The number of nitrogens with zero attached hydrogens (tertiary/aromatic N) is 4. The molecule has 1 N–H and O–H groups in total. The number of hydrogen-bond acceptors (Lipinski definition) is 5. The van der Waals surface area contributed by atoms with Crippen LogP contribution in [0.3, 0.4) is 0 Å². The first-order chi connectivity index (χ1) is 13.7. The first-order valence-corrected chi connectivity index (χ1v) is 10.6. The van der Waals surface area contributed by atoms with Crippen molar-refractivity contribution in [2.75, 3.05) is 39.4 Å². The molecule has 0 unspecified atom stereocenters. The SMILES string of the molecule is Cc1nc2c(c(C)nn2C(C)(C)C)c(C)c1CCC(=O)NCCN1CCOCC1. The van der Waals surface area contributed by atoms with Crippen molar-refractivity contribution in [2.24, 2.45) is 0 Å². The van der Waals surface area contributed by atoms with Crippen LogP contribution in [0.25, 0.3) is 11.0 Å². The highest BCUT2D eigenvalue weighted by Crippen LogP contribution is 2.29. The second-order valence-corrected chi connectivity index (χ2v) is 8.97. The number of nitrogens with one attached hydrogen (secondary N) is 1. The van der Waals surface area contributed by atoms with E-state index in [0.717, 1.165) is 60.8 Å². The lowest BCUT2D eigenvalue weighted by Crippen LogP contribution is -2.41. The van der Waals surface area contributed by atoms with Crippen molar-refractivity contribution < 1.29 is 9.53 Å². The van der Waals surface area contributed by atoms with Crippen LogP contribution in [0.5, 0.6) is 0 Å². The highest BCUT2D eigenvalue weighted by Gasteiger charge is 2.23. The predicted octanol–water partition coefficient (Wildman–Crippen LogP) is 2.49. The van der Waals surface area contributed by atoms with Crippen molar-refractivity contribution in [3.63, 3.8) is 0 Å². The molecule has 0 spiro atoms. The smallest absolute Gasteiger partial charge is 0.220 e. The molecule has 1 amide bonds. The number of aromatic nitrogens is 3. The molecule has 0 bridgehead atoms. The Kier molecular flexibility index (Phi) is 6.58. The van der Waals surface area contributed by atoms with Crippen molar-refractivity contribution in [2.45, 2.75) is 59.9 Å². The third-order valence-corrected chi connectivity index (χ3v) is 5.67. The highest BCUT2D eigenvalue weighted by atomic mass is 16.5. The number of amides is 1. The van der Waals surface area contributed by atoms with Crippen molar-refractivity contribution in [3.05, 3.63) is 22.5 Å². The summed E-state index contributed by atoms with van der Waals surface area (Å²) in [6.07, 6.45) is 1.18. The van der Waals surface area contributed by atoms with Crippen molar-refractivity contribution in [1.29, 1.82) is 0 Å². The van der Waals surface area contributed by atoms with Gasteiger partial charge in [-0.3, -0.25) is 9.69 Å². The molecule has 1 saturated heterocycles.